The monoisotopic (exact) mass is 593 g/mol. The number of carbonyl (C=O) groups is 3. The highest BCUT2D eigenvalue weighted by atomic mass is 32.2. The van der Waals surface area contributed by atoms with Gasteiger partial charge in [-0.05, 0) is 86.5 Å². The molecule has 3 amide bonds. The maximum absolute atomic E-state index is 13.4. The van der Waals surface area contributed by atoms with Gasteiger partial charge in [0.25, 0.3) is 11.8 Å². The van der Waals surface area contributed by atoms with Crippen LogP contribution in [0.1, 0.15) is 41.8 Å². The molecule has 0 saturated carbocycles. The van der Waals surface area contributed by atoms with Crippen LogP contribution in [0.2, 0.25) is 0 Å². The van der Waals surface area contributed by atoms with Gasteiger partial charge in [0.1, 0.15) is 11.4 Å². The molecular weight excluding hydrogens is 558 g/mol. The first-order valence-corrected chi connectivity index (χ1v) is 15.0. The molecule has 4 aromatic rings. The lowest BCUT2D eigenvalue weighted by Gasteiger charge is -2.16. The van der Waals surface area contributed by atoms with Crippen molar-refractivity contribution in [2.75, 3.05) is 17.2 Å². The van der Waals surface area contributed by atoms with E-state index < -0.39 is 5.91 Å². The molecule has 0 aliphatic heterocycles. The quantitative estimate of drug-likeness (QED) is 0.118. The molecule has 3 N–H and O–H groups in total. The third-order valence-electron chi connectivity index (χ3n) is 6.38. The molecule has 0 radical (unpaired) electrons. The minimum atomic E-state index is -0.465. The molecule has 0 bridgehead atoms. The Labute approximate surface area is 256 Å². The van der Waals surface area contributed by atoms with E-state index in [-0.39, 0.29) is 22.8 Å². The molecule has 0 aromatic heterocycles. The zero-order chi connectivity index (χ0) is 30.6. The number of carbonyl (C=O) groups excluding carboxylic acids is 3. The summed E-state index contributed by atoms with van der Waals surface area (Å²) in [5.41, 5.74) is 3.65. The van der Waals surface area contributed by atoms with Crippen molar-refractivity contribution < 1.29 is 19.1 Å². The van der Waals surface area contributed by atoms with Gasteiger partial charge in [0.2, 0.25) is 5.91 Å². The highest BCUT2D eigenvalue weighted by Crippen LogP contribution is 2.29. The molecule has 0 saturated heterocycles. The number of thioether (sulfide) groups is 1. The average molecular weight is 594 g/mol. The van der Waals surface area contributed by atoms with Crippen molar-refractivity contribution in [1.29, 1.82) is 0 Å². The summed E-state index contributed by atoms with van der Waals surface area (Å²) in [5.74, 6) is -0.217. The summed E-state index contributed by atoms with van der Waals surface area (Å²) in [7, 11) is 0. The lowest BCUT2D eigenvalue weighted by molar-refractivity contribution is -0.116. The molecule has 43 heavy (non-hydrogen) atoms. The number of aryl methyl sites for hydroxylation is 1. The Morgan fingerprint density at radius 1 is 0.814 bits per heavy atom. The summed E-state index contributed by atoms with van der Waals surface area (Å²) in [6, 6.07) is 31.0. The van der Waals surface area contributed by atoms with Crippen LogP contribution in [0.4, 0.5) is 11.4 Å². The summed E-state index contributed by atoms with van der Waals surface area (Å²) in [5, 5.41) is 8.29. The second kappa shape index (κ2) is 15.4. The lowest BCUT2D eigenvalue weighted by atomic mass is 10.1. The predicted molar refractivity (Wildman–Crippen MR) is 174 cm³/mol. The Bertz CT molecular complexity index is 1570. The minimum absolute atomic E-state index is 0.108. The van der Waals surface area contributed by atoms with Crippen molar-refractivity contribution >= 4 is 46.9 Å². The van der Waals surface area contributed by atoms with Crippen LogP contribution >= 0.6 is 11.8 Å². The van der Waals surface area contributed by atoms with Gasteiger partial charge in [-0.1, -0.05) is 61.0 Å². The van der Waals surface area contributed by atoms with Gasteiger partial charge in [-0.25, -0.2) is 0 Å². The summed E-state index contributed by atoms with van der Waals surface area (Å²) in [6.45, 7) is 6.44. The SMILES string of the molecule is CCOc1ccc(NC(=O)C(CC)Sc2cccc(NC(=O)/C(=C/c3ccc(C)cc3)NC(=O)c3ccccc3)c2)cc1. The highest BCUT2D eigenvalue weighted by Gasteiger charge is 2.19. The van der Waals surface area contributed by atoms with Gasteiger partial charge in [0.05, 0.1) is 11.9 Å². The van der Waals surface area contributed by atoms with E-state index in [1.165, 1.54) is 11.8 Å². The van der Waals surface area contributed by atoms with Crippen molar-refractivity contribution in [2.24, 2.45) is 0 Å². The fourth-order valence-electron chi connectivity index (χ4n) is 4.13. The molecule has 0 aliphatic rings. The molecule has 0 fully saturated rings. The predicted octanol–water partition coefficient (Wildman–Crippen LogP) is 7.31. The topological polar surface area (TPSA) is 96.5 Å². The van der Waals surface area contributed by atoms with E-state index in [9.17, 15) is 14.4 Å². The molecule has 4 aromatic carbocycles. The molecule has 1 atom stereocenters. The number of hydrogen-bond donors (Lipinski definition) is 3. The summed E-state index contributed by atoms with van der Waals surface area (Å²) >= 11 is 1.42. The molecule has 0 heterocycles. The number of anilines is 2. The van der Waals surface area contributed by atoms with Crippen LogP contribution in [-0.2, 0) is 9.59 Å². The van der Waals surface area contributed by atoms with Crippen molar-refractivity contribution in [3.63, 3.8) is 0 Å². The average Bonchev–Trinajstić information content (AvgIpc) is 3.02. The number of rotatable bonds is 12. The fourth-order valence-corrected chi connectivity index (χ4v) is 5.14. The Morgan fingerprint density at radius 2 is 1.53 bits per heavy atom. The van der Waals surface area contributed by atoms with Crippen molar-refractivity contribution in [2.45, 2.75) is 37.3 Å². The number of nitrogens with one attached hydrogen (secondary N) is 3. The summed E-state index contributed by atoms with van der Waals surface area (Å²) < 4.78 is 5.47. The molecule has 220 valence electrons. The fraction of sp³-hybridized carbons (Fsp3) is 0.171. The number of hydrogen-bond acceptors (Lipinski definition) is 5. The molecule has 0 spiro atoms. The van der Waals surface area contributed by atoms with Gasteiger partial charge in [-0.3, -0.25) is 14.4 Å². The van der Waals surface area contributed by atoms with Crippen LogP contribution < -0.4 is 20.7 Å². The van der Waals surface area contributed by atoms with E-state index in [0.717, 1.165) is 21.8 Å². The van der Waals surface area contributed by atoms with Crippen LogP contribution in [0.5, 0.6) is 5.75 Å². The second-order valence-corrected chi connectivity index (χ2v) is 11.0. The Balaban J connectivity index is 1.46. The van der Waals surface area contributed by atoms with Crippen LogP contribution in [0, 0.1) is 6.92 Å². The first kappa shape index (κ1) is 31.1. The lowest BCUT2D eigenvalue weighted by Crippen LogP contribution is -2.30. The minimum Gasteiger partial charge on any atom is -0.494 e. The number of amides is 3. The summed E-state index contributed by atoms with van der Waals surface area (Å²) in [6.07, 6.45) is 2.26. The third-order valence-corrected chi connectivity index (χ3v) is 7.74. The Hall–Kier alpha value is -4.82. The first-order valence-electron chi connectivity index (χ1n) is 14.1. The van der Waals surface area contributed by atoms with Gasteiger partial charge >= 0.3 is 0 Å². The maximum Gasteiger partial charge on any atom is 0.272 e. The van der Waals surface area contributed by atoms with E-state index in [1.807, 2.05) is 93.6 Å². The number of ether oxygens (including phenoxy) is 1. The van der Waals surface area contributed by atoms with Crippen molar-refractivity contribution in [3.8, 4) is 5.75 Å². The molecule has 1 unspecified atom stereocenters. The Kier molecular flexibility index (Phi) is 11.2. The smallest absolute Gasteiger partial charge is 0.272 e. The Morgan fingerprint density at radius 3 is 2.21 bits per heavy atom. The molecule has 4 rings (SSSR count). The molecule has 7 nitrogen and oxygen atoms in total. The zero-order valence-corrected chi connectivity index (χ0v) is 25.2. The molecule has 0 aliphatic carbocycles. The van der Waals surface area contributed by atoms with Crippen molar-refractivity contribution in [1.82, 2.24) is 5.32 Å². The van der Waals surface area contributed by atoms with E-state index in [2.05, 4.69) is 16.0 Å². The highest BCUT2D eigenvalue weighted by molar-refractivity contribution is 8.00. The van der Waals surface area contributed by atoms with Gasteiger partial charge in [0, 0.05) is 21.8 Å². The zero-order valence-electron chi connectivity index (χ0n) is 24.4. The largest absolute Gasteiger partial charge is 0.494 e. The maximum atomic E-state index is 13.4. The van der Waals surface area contributed by atoms with Crippen LogP contribution in [0.3, 0.4) is 0 Å². The van der Waals surface area contributed by atoms with Gasteiger partial charge in [-0.2, -0.15) is 0 Å². The standard InChI is InChI=1S/C35H35N3O4S/c1-4-32(35(41)36-27-18-20-29(21-19-27)42-5-2)43-30-13-9-12-28(23-30)37-34(40)31(22-25-16-14-24(3)15-17-25)38-33(39)26-10-7-6-8-11-26/h6-23,32H,4-5H2,1-3H3,(H,36,41)(H,37,40)(H,38,39)/b31-22-. The second-order valence-electron chi connectivity index (χ2n) is 9.73. The van der Waals surface area contributed by atoms with E-state index >= 15 is 0 Å². The third kappa shape index (κ3) is 9.34. The van der Waals surface area contributed by atoms with E-state index in [4.69, 9.17) is 4.74 Å². The van der Waals surface area contributed by atoms with E-state index in [1.54, 1.807) is 36.4 Å². The van der Waals surface area contributed by atoms with E-state index in [0.29, 0.717) is 30.0 Å². The normalized spacial score (nSPS) is 11.7. The molecule has 8 heteroatoms. The van der Waals surface area contributed by atoms with Crippen LogP contribution in [0.25, 0.3) is 6.08 Å². The van der Waals surface area contributed by atoms with Crippen molar-refractivity contribution in [3.05, 3.63) is 126 Å². The van der Waals surface area contributed by atoms with Crippen LogP contribution in [0.15, 0.2) is 114 Å². The molecular formula is C35H35N3O4S. The summed E-state index contributed by atoms with van der Waals surface area (Å²) in [4.78, 5) is 40.2. The van der Waals surface area contributed by atoms with Crippen LogP contribution in [-0.4, -0.2) is 29.6 Å². The van der Waals surface area contributed by atoms with Gasteiger partial charge in [0.15, 0.2) is 0 Å². The number of benzene rings is 4. The van der Waals surface area contributed by atoms with Gasteiger partial charge in [-0.15, -0.1) is 11.8 Å². The first-order chi connectivity index (χ1) is 20.8. The van der Waals surface area contributed by atoms with Gasteiger partial charge < -0.3 is 20.7 Å².